The number of rotatable bonds is 7. The van der Waals surface area contributed by atoms with Crippen LogP contribution in [0.25, 0.3) is 5.57 Å². The van der Waals surface area contributed by atoms with Crippen LogP contribution in [0.5, 0.6) is 0 Å². The summed E-state index contributed by atoms with van der Waals surface area (Å²) in [4.78, 5) is 0. The van der Waals surface area contributed by atoms with E-state index in [4.69, 9.17) is 10.5 Å². The smallest absolute Gasteiger partial charge is 0.282 e. The molecule has 0 amide bonds. The Hall–Kier alpha value is -1.52. The van der Waals surface area contributed by atoms with E-state index in [0.29, 0.717) is 0 Å². The van der Waals surface area contributed by atoms with Crippen LogP contribution in [0, 0.1) is 0 Å². The van der Waals surface area contributed by atoms with E-state index in [2.05, 4.69) is 0 Å². The molecule has 0 unspecified atom stereocenters. The highest BCUT2D eigenvalue weighted by Gasteiger charge is 2.26. The van der Waals surface area contributed by atoms with Gasteiger partial charge in [-0.15, -0.1) is 0 Å². The lowest BCUT2D eigenvalue weighted by Crippen LogP contribution is -2.32. The zero-order valence-electron chi connectivity index (χ0n) is 11.9. The van der Waals surface area contributed by atoms with E-state index in [-0.39, 0.29) is 6.61 Å². The summed E-state index contributed by atoms with van der Waals surface area (Å²) in [6.07, 6.45) is 6.02. The summed E-state index contributed by atoms with van der Waals surface area (Å²) in [5, 5.41) is 0. The number of ether oxygens (including phenoxy) is 1. The number of hydrogen-bond donors (Lipinski definition) is 1. The van der Waals surface area contributed by atoms with Crippen molar-refractivity contribution in [3.05, 3.63) is 53.6 Å². The van der Waals surface area contributed by atoms with Crippen molar-refractivity contribution in [2.24, 2.45) is 5.73 Å². The van der Waals surface area contributed by atoms with Gasteiger partial charge in [-0.1, -0.05) is 42.5 Å². The second-order valence-corrected chi connectivity index (χ2v) is 4.49. The van der Waals surface area contributed by atoms with Gasteiger partial charge < -0.3 is 10.5 Å². The largest absolute Gasteiger partial charge is 0.370 e. The van der Waals surface area contributed by atoms with Crippen LogP contribution in [0.3, 0.4) is 0 Å². The SMILES string of the molecule is C/C=C\C(=C/C)c1ccc(COCC(F)(F)CN)cc1. The van der Waals surface area contributed by atoms with Gasteiger partial charge in [0.25, 0.3) is 5.92 Å². The van der Waals surface area contributed by atoms with Crippen molar-refractivity contribution in [2.75, 3.05) is 13.2 Å². The molecule has 0 saturated carbocycles. The van der Waals surface area contributed by atoms with Gasteiger partial charge in [-0.2, -0.15) is 0 Å². The minimum atomic E-state index is -2.95. The third kappa shape index (κ3) is 5.23. The first-order valence-corrected chi connectivity index (χ1v) is 6.56. The first-order valence-electron chi connectivity index (χ1n) is 6.56. The quantitative estimate of drug-likeness (QED) is 0.772. The van der Waals surface area contributed by atoms with Gasteiger partial charge in [0.1, 0.15) is 6.61 Å². The summed E-state index contributed by atoms with van der Waals surface area (Å²) in [5.41, 5.74) is 8.00. The summed E-state index contributed by atoms with van der Waals surface area (Å²) in [5.74, 6) is -2.95. The standard InChI is InChI=1S/C16H21F2NO/c1-3-5-14(4-2)15-8-6-13(7-9-15)10-20-12-16(17,18)11-19/h3-9H,10-12,19H2,1-2H3/b5-3-,14-4+. The van der Waals surface area contributed by atoms with Crippen LogP contribution in [0.4, 0.5) is 8.78 Å². The molecule has 2 nitrogen and oxygen atoms in total. The van der Waals surface area contributed by atoms with E-state index in [1.165, 1.54) is 0 Å². The molecule has 1 rings (SSSR count). The molecule has 0 bridgehead atoms. The summed E-state index contributed by atoms with van der Waals surface area (Å²) in [6.45, 7) is 2.75. The number of allylic oxidation sites excluding steroid dienone is 4. The Balaban J connectivity index is 2.59. The molecule has 1 aromatic rings. The number of halogens is 2. The van der Waals surface area contributed by atoms with Gasteiger partial charge >= 0.3 is 0 Å². The second kappa shape index (κ2) is 7.92. The summed E-state index contributed by atoms with van der Waals surface area (Å²) >= 11 is 0. The lowest BCUT2D eigenvalue weighted by Gasteiger charge is -2.14. The maximum atomic E-state index is 12.9. The van der Waals surface area contributed by atoms with Crippen LogP contribution >= 0.6 is 0 Å². The van der Waals surface area contributed by atoms with Crippen LogP contribution in [0.1, 0.15) is 25.0 Å². The Morgan fingerprint density at radius 1 is 1.25 bits per heavy atom. The van der Waals surface area contributed by atoms with E-state index < -0.39 is 19.1 Å². The molecule has 0 fully saturated rings. The van der Waals surface area contributed by atoms with Crippen molar-refractivity contribution in [2.45, 2.75) is 26.4 Å². The van der Waals surface area contributed by atoms with Crippen LogP contribution in [-0.4, -0.2) is 19.1 Å². The van der Waals surface area contributed by atoms with Gasteiger partial charge in [-0.05, 0) is 30.5 Å². The van der Waals surface area contributed by atoms with Crippen molar-refractivity contribution in [1.29, 1.82) is 0 Å². The highest BCUT2D eigenvalue weighted by molar-refractivity contribution is 5.73. The third-order valence-corrected chi connectivity index (χ3v) is 2.83. The first-order chi connectivity index (χ1) is 9.52. The summed E-state index contributed by atoms with van der Waals surface area (Å²) < 4.78 is 30.8. The second-order valence-electron chi connectivity index (χ2n) is 4.49. The molecule has 1 aromatic carbocycles. The van der Waals surface area contributed by atoms with Gasteiger partial charge in [0.15, 0.2) is 0 Å². The van der Waals surface area contributed by atoms with Crippen LogP contribution < -0.4 is 5.73 Å². The normalized spacial score (nSPS) is 13.2. The van der Waals surface area contributed by atoms with E-state index in [9.17, 15) is 8.78 Å². The van der Waals surface area contributed by atoms with Gasteiger partial charge in [0.2, 0.25) is 0 Å². The van der Waals surface area contributed by atoms with Gasteiger partial charge in [0.05, 0.1) is 13.2 Å². The zero-order chi connectivity index (χ0) is 15.0. The fourth-order valence-corrected chi connectivity index (χ4v) is 1.71. The minimum absolute atomic E-state index is 0.157. The fraction of sp³-hybridized carbons (Fsp3) is 0.375. The molecular weight excluding hydrogens is 260 g/mol. The van der Waals surface area contributed by atoms with Crippen LogP contribution in [0.15, 0.2) is 42.5 Å². The molecule has 0 atom stereocenters. The maximum absolute atomic E-state index is 12.9. The molecule has 20 heavy (non-hydrogen) atoms. The van der Waals surface area contributed by atoms with E-state index >= 15 is 0 Å². The summed E-state index contributed by atoms with van der Waals surface area (Å²) in [6, 6.07) is 7.66. The molecular formula is C16H21F2NO. The van der Waals surface area contributed by atoms with Crippen LogP contribution in [-0.2, 0) is 11.3 Å². The molecule has 4 heteroatoms. The maximum Gasteiger partial charge on any atom is 0.282 e. The fourth-order valence-electron chi connectivity index (χ4n) is 1.71. The van der Waals surface area contributed by atoms with E-state index in [0.717, 1.165) is 16.7 Å². The Morgan fingerprint density at radius 2 is 1.90 bits per heavy atom. The van der Waals surface area contributed by atoms with Gasteiger partial charge in [0, 0.05) is 0 Å². The van der Waals surface area contributed by atoms with Crippen molar-refractivity contribution >= 4 is 5.57 Å². The lowest BCUT2D eigenvalue weighted by atomic mass is 10.0. The molecule has 0 saturated heterocycles. The number of hydrogen-bond acceptors (Lipinski definition) is 2. The summed E-state index contributed by atoms with van der Waals surface area (Å²) in [7, 11) is 0. The van der Waals surface area contributed by atoms with E-state index in [1.807, 2.05) is 56.3 Å². The molecule has 0 aliphatic heterocycles. The van der Waals surface area contributed by atoms with Crippen molar-refractivity contribution in [1.82, 2.24) is 0 Å². The molecule has 0 aromatic heterocycles. The topological polar surface area (TPSA) is 35.2 Å². The van der Waals surface area contributed by atoms with Crippen molar-refractivity contribution in [3.8, 4) is 0 Å². The minimum Gasteiger partial charge on any atom is -0.370 e. The Labute approximate surface area is 118 Å². The van der Waals surface area contributed by atoms with Crippen molar-refractivity contribution < 1.29 is 13.5 Å². The predicted octanol–water partition coefficient (Wildman–Crippen LogP) is 3.78. The van der Waals surface area contributed by atoms with Gasteiger partial charge in [-0.3, -0.25) is 0 Å². The highest BCUT2D eigenvalue weighted by Crippen LogP contribution is 2.18. The molecule has 110 valence electrons. The highest BCUT2D eigenvalue weighted by atomic mass is 19.3. The average molecular weight is 281 g/mol. The molecule has 2 N–H and O–H groups in total. The van der Waals surface area contributed by atoms with Crippen molar-refractivity contribution in [3.63, 3.8) is 0 Å². The Bertz CT molecular complexity index is 464. The predicted molar refractivity (Wildman–Crippen MR) is 78.6 cm³/mol. The lowest BCUT2D eigenvalue weighted by molar-refractivity contribution is -0.0741. The molecule has 0 aliphatic rings. The number of benzene rings is 1. The van der Waals surface area contributed by atoms with Crippen LogP contribution in [0.2, 0.25) is 0 Å². The van der Waals surface area contributed by atoms with Gasteiger partial charge in [-0.25, -0.2) is 8.78 Å². The molecule has 0 radical (unpaired) electrons. The molecule has 0 heterocycles. The number of alkyl halides is 2. The molecule has 0 spiro atoms. The molecule has 0 aliphatic carbocycles. The Morgan fingerprint density at radius 3 is 2.40 bits per heavy atom. The first kappa shape index (κ1) is 16.5. The van der Waals surface area contributed by atoms with E-state index in [1.54, 1.807) is 0 Å². The Kier molecular flexibility index (Phi) is 6.55. The number of nitrogens with two attached hydrogens (primary N) is 1. The monoisotopic (exact) mass is 281 g/mol. The third-order valence-electron chi connectivity index (χ3n) is 2.83. The zero-order valence-corrected chi connectivity index (χ0v) is 11.9. The average Bonchev–Trinajstić information content (AvgIpc) is 2.45.